The van der Waals surface area contributed by atoms with Crippen molar-refractivity contribution in [1.82, 2.24) is 19.9 Å². The molecule has 0 unspecified atom stereocenters. The summed E-state index contributed by atoms with van der Waals surface area (Å²) in [4.78, 5) is 17.8. The lowest BCUT2D eigenvalue weighted by Crippen LogP contribution is -2.30. The van der Waals surface area contributed by atoms with Crippen molar-refractivity contribution in [2.75, 3.05) is 6.54 Å². The third-order valence-corrected chi connectivity index (χ3v) is 5.96. The van der Waals surface area contributed by atoms with Gasteiger partial charge in [0.25, 0.3) is 0 Å². The number of hydrogen-bond donors (Lipinski definition) is 0. The predicted octanol–water partition coefficient (Wildman–Crippen LogP) is 4.04. The van der Waals surface area contributed by atoms with E-state index in [9.17, 15) is 0 Å². The van der Waals surface area contributed by atoms with Crippen LogP contribution in [0, 0.1) is 0 Å². The van der Waals surface area contributed by atoms with Crippen LogP contribution in [-0.2, 0) is 19.5 Å². The van der Waals surface area contributed by atoms with Crippen LogP contribution >= 0.6 is 11.3 Å². The minimum Gasteiger partial charge on any atom is -0.293 e. The van der Waals surface area contributed by atoms with Crippen molar-refractivity contribution in [2.45, 2.75) is 38.3 Å². The third kappa shape index (κ3) is 3.22. The van der Waals surface area contributed by atoms with Crippen LogP contribution in [0.3, 0.4) is 0 Å². The van der Waals surface area contributed by atoms with Crippen LogP contribution in [0.1, 0.15) is 40.7 Å². The summed E-state index contributed by atoms with van der Waals surface area (Å²) in [6.45, 7) is 2.96. The molecule has 5 heteroatoms. The molecule has 2 aromatic heterocycles. The highest BCUT2D eigenvalue weighted by atomic mass is 32.1. The molecular weight excluding hydrogens is 328 g/mol. The second kappa shape index (κ2) is 6.32. The largest absolute Gasteiger partial charge is 0.293 e. The molecule has 0 radical (unpaired) electrons. The lowest BCUT2D eigenvalue weighted by atomic mass is 10.1. The standard InChI is InChI=1S/C20H20N4S/c1-2-4-15(5-3-1)20-22-11-17(25-20)13-24-9-8-18-16(12-24)10-21-19(23-18)14-6-7-14/h1-5,10-11,14H,6-9,12-13H2. The molecule has 1 saturated carbocycles. The Bertz CT molecular complexity index is 886. The summed E-state index contributed by atoms with van der Waals surface area (Å²) in [7, 11) is 0. The van der Waals surface area contributed by atoms with Crippen molar-refractivity contribution in [2.24, 2.45) is 0 Å². The van der Waals surface area contributed by atoms with E-state index in [2.05, 4.69) is 45.3 Å². The van der Waals surface area contributed by atoms with Crippen LogP contribution in [0.2, 0.25) is 0 Å². The van der Waals surface area contributed by atoms with Crippen molar-refractivity contribution in [1.29, 1.82) is 0 Å². The van der Waals surface area contributed by atoms with Gasteiger partial charge in [-0.3, -0.25) is 4.90 Å². The fraction of sp³-hybridized carbons (Fsp3) is 0.350. The second-order valence-corrected chi connectivity index (χ2v) is 8.05. The number of nitrogens with zero attached hydrogens (tertiary/aromatic N) is 4. The van der Waals surface area contributed by atoms with Crippen LogP contribution in [-0.4, -0.2) is 26.4 Å². The molecule has 0 atom stereocenters. The first-order chi connectivity index (χ1) is 12.3. The maximum atomic E-state index is 4.81. The topological polar surface area (TPSA) is 41.9 Å². The molecule has 0 N–H and O–H groups in total. The van der Waals surface area contributed by atoms with Crippen molar-refractivity contribution in [3.05, 3.63) is 64.7 Å². The summed E-state index contributed by atoms with van der Waals surface area (Å²) >= 11 is 1.79. The van der Waals surface area contributed by atoms with E-state index in [1.54, 1.807) is 11.3 Å². The molecule has 1 aliphatic heterocycles. The summed E-state index contributed by atoms with van der Waals surface area (Å²) < 4.78 is 0. The number of benzene rings is 1. The van der Waals surface area contributed by atoms with E-state index < -0.39 is 0 Å². The molecule has 5 rings (SSSR count). The summed E-state index contributed by atoms with van der Waals surface area (Å²) in [6.07, 6.45) is 7.64. The van der Waals surface area contributed by atoms with Gasteiger partial charge in [0.2, 0.25) is 0 Å². The smallest absolute Gasteiger partial charge is 0.131 e. The van der Waals surface area contributed by atoms with Gasteiger partial charge in [-0.05, 0) is 12.8 Å². The molecular formula is C20H20N4S. The van der Waals surface area contributed by atoms with Gasteiger partial charge in [-0.15, -0.1) is 11.3 Å². The second-order valence-electron chi connectivity index (χ2n) is 6.93. The van der Waals surface area contributed by atoms with E-state index in [0.29, 0.717) is 5.92 Å². The van der Waals surface area contributed by atoms with Gasteiger partial charge in [0.1, 0.15) is 10.8 Å². The van der Waals surface area contributed by atoms with Crippen LogP contribution in [0.25, 0.3) is 10.6 Å². The Kier molecular flexibility index (Phi) is 3.83. The van der Waals surface area contributed by atoms with Gasteiger partial charge in [-0.25, -0.2) is 15.0 Å². The summed E-state index contributed by atoms with van der Waals surface area (Å²) in [5.74, 6) is 1.71. The quantitative estimate of drug-likeness (QED) is 0.714. The van der Waals surface area contributed by atoms with E-state index in [1.807, 2.05) is 12.3 Å². The number of thiazole rings is 1. The molecule has 4 nitrogen and oxygen atoms in total. The van der Waals surface area contributed by atoms with Gasteiger partial charge in [-0.1, -0.05) is 30.3 Å². The Labute approximate surface area is 151 Å². The predicted molar refractivity (Wildman–Crippen MR) is 99.4 cm³/mol. The average molecular weight is 348 g/mol. The van der Waals surface area contributed by atoms with Crippen molar-refractivity contribution < 1.29 is 0 Å². The molecule has 1 aromatic carbocycles. The molecule has 2 aliphatic rings. The highest BCUT2D eigenvalue weighted by molar-refractivity contribution is 7.15. The van der Waals surface area contributed by atoms with E-state index in [-0.39, 0.29) is 0 Å². The lowest BCUT2D eigenvalue weighted by molar-refractivity contribution is 0.244. The van der Waals surface area contributed by atoms with Gasteiger partial charge in [0.05, 0.1) is 0 Å². The van der Waals surface area contributed by atoms with E-state index in [4.69, 9.17) is 4.98 Å². The number of aromatic nitrogens is 3. The Hall–Kier alpha value is -2.11. The maximum Gasteiger partial charge on any atom is 0.131 e. The number of fused-ring (bicyclic) bond motifs is 1. The molecule has 0 amide bonds. The molecule has 0 saturated heterocycles. The Morgan fingerprint density at radius 2 is 1.96 bits per heavy atom. The zero-order valence-corrected chi connectivity index (χ0v) is 14.9. The molecule has 126 valence electrons. The van der Waals surface area contributed by atoms with Crippen molar-refractivity contribution in [3.8, 4) is 10.6 Å². The van der Waals surface area contributed by atoms with E-state index in [1.165, 1.54) is 34.5 Å². The fourth-order valence-electron chi connectivity index (χ4n) is 3.38. The van der Waals surface area contributed by atoms with Crippen LogP contribution in [0.15, 0.2) is 42.7 Å². The molecule has 25 heavy (non-hydrogen) atoms. The number of hydrogen-bond acceptors (Lipinski definition) is 5. The van der Waals surface area contributed by atoms with Gasteiger partial charge in [0, 0.05) is 66.1 Å². The first-order valence-electron chi connectivity index (χ1n) is 8.92. The Morgan fingerprint density at radius 3 is 2.80 bits per heavy atom. The summed E-state index contributed by atoms with van der Waals surface area (Å²) in [5.41, 5.74) is 3.76. The molecule has 3 heterocycles. The molecule has 1 fully saturated rings. The zero-order valence-electron chi connectivity index (χ0n) is 14.1. The summed E-state index contributed by atoms with van der Waals surface area (Å²) in [5, 5.41) is 1.10. The highest BCUT2D eigenvalue weighted by Gasteiger charge is 2.28. The lowest BCUT2D eigenvalue weighted by Gasteiger charge is -2.27. The molecule has 0 bridgehead atoms. The molecule has 1 aliphatic carbocycles. The fourth-order valence-corrected chi connectivity index (χ4v) is 4.34. The first-order valence-corrected chi connectivity index (χ1v) is 9.74. The van der Waals surface area contributed by atoms with E-state index in [0.717, 1.165) is 36.9 Å². The van der Waals surface area contributed by atoms with E-state index >= 15 is 0 Å². The normalized spacial score (nSPS) is 17.4. The van der Waals surface area contributed by atoms with Gasteiger partial charge in [0.15, 0.2) is 0 Å². The monoisotopic (exact) mass is 348 g/mol. The first kappa shape index (κ1) is 15.2. The van der Waals surface area contributed by atoms with Crippen molar-refractivity contribution >= 4 is 11.3 Å². The Balaban J connectivity index is 1.29. The van der Waals surface area contributed by atoms with Crippen LogP contribution < -0.4 is 0 Å². The summed E-state index contributed by atoms with van der Waals surface area (Å²) in [6, 6.07) is 10.4. The number of rotatable bonds is 4. The van der Waals surface area contributed by atoms with Crippen LogP contribution in [0.5, 0.6) is 0 Å². The highest BCUT2D eigenvalue weighted by Crippen LogP contribution is 2.38. The van der Waals surface area contributed by atoms with Gasteiger partial charge >= 0.3 is 0 Å². The minimum atomic E-state index is 0.636. The SMILES string of the molecule is c1ccc(-c2ncc(CN3CCc4nc(C5CC5)ncc4C3)s2)cc1. The third-order valence-electron chi connectivity index (χ3n) is 4.93. The zero-order chi connectivity index (χ0) is 16.6. The van der Waals surface area contributed by atoms with Crippen LogP contribution in [0.4, 0.5) is 0 Å². The van der Waals surface area contributed by atoms with Gasteiger partial charge in [-0.2, -0.15) is 0 Å². The minimum absolute atomic E-state index is 0.636. The maximum absolute atomic E-state index is 4.81. The Morgan fingerprint density at radius 1 is 1.08 bits per heavy atom. The van der Waals surface area contributed by atoms with Gasteiger partial charge < -0.3 is 0 Å². The average Bonchev–Trinajstić information content (AvgIpc) is 3.41. The molecule has 0 spiro atoms. The van der Waals surface area contributed by atoms with Crippen molar-refractivity contribution in [3.63, 3.8) is 0 Å². The molecule has 3 aromatic rings.